The molecule has 0 spiro atoms. The molecule has 0 aromatic carbocycles. The molecule has 5 nitrogen and oxygen atoms in total. The smallest absolute Gasteiger partial charge is 0.235 e. The first-order chi connectivity index (χ1) is 8.45. The SMILES string of the molecule is CC(C)C1(C)CC(=O)N(CC2COCCN2)C1=O. The number of nitrogens with zero attached hydrogens (tertiary/aromatic N) is 1. The van der Waals surface area contributed by atoms with Gasteiger partial charge in [-0.15, -0.1) is 0 Å². The van der Waals surface area contributed by atoms with E-state index in [1.807, 2.05) is 20.8 Å². The van der Waals surface area contributed by atoms with E-state index in [1.54, 1.807) is 0 Å². The Balaban J connectivity index is 2.05. The lowest BCUT2D eigenvalue weighted by molar-refractivity contribution is -0.142. The van der Waals surface area contributed by atoms with Gasteiger partial charge in [0.2, 0.25) is 11.8 Å². The van der Waals surface area contributed by atoms with Gasteiger partial charge in [0.05, 0.1) is 18.6 Å². The number of hydrogen-bond acceptors (Lipinski definition) is 4. The summed E-state index contributed by atoms with van der Waals surface area (Å²) in [6, 6.07) is 0.0705. The number of ether oxygens (including phenoxy) is 1. The van der Waals surface area contributed by atoms with E-state index >= 15 is 0 Å². The Morgan fingerprint density at radius 1 is 1.50 bits per heavy atom. The summed E-state index contributed by atoms with van der Waals surface area (Å²) < 4.78 is 5.35. The number of amides is 2. The van der Waals surface area contributed by atoms with Crippen LogP contribution >= 0.6 is 0 Å². The van der Waals surface area contributed by atoms with Gasteiger partial charge in [0, 0.05) is 25.6 Å². The summed E-state index contributed by atoms with van der Waals surface area (Å²) >= 11 is 0. The predicted molar refractivity (Wildman–Crippen MR) is 66.9 cm³/mol. The number of likely N-dealkylation sites (tertiary alicyclic amines) is 1. The first-order valence-corrected chi connectivity index (χ1v) is 6.61. The van der Waals surface area contributed by atoms with E-state index < -0.39 is 5.41 Å². The minimum Gasteiger partial charge on any atom is -0.378 e. The second-order valence-corrected chi connectivity index (χ2v) is 5.78. The zero-order chi connectivity index (χ0) is 13.3. The minimum atomic E-state index is -0.535. The highest BCUT2D eigenvalue weighted by atomic mass is 16.5. The second kappa shape index (κ2) is 4.97. The monoisotopic (exact) mass is 254 g/mol. The van der Waals surface area contributed by atoms with E-state index in [1.165, 1.54) is 4.90 Å². The molecule has 18 heavy (non-hydrogen) atoms. The first kappa shape index (κ1) is 13.5. The molecule has 102 valence electrons. The number of rotatable bonds is 3. The van der Waals surface area contributed by atoms with Crippen molar-refractivity contribution >= 4 is 11.8 Å². The summed E-state index contributed by atoms with van der Waals surface area (Å²) in [6.45, 7) is 8.36. The van der Waals surface area contributed by atoms with Crippen LogP contribution in [0.15, 0.2) is 0 Å². The van der Waals surface area contributed by atoms with E-state index in [0.29, 0.717) is 26.2 Å². The fourth-order valence-electron chi connectivity index (χ4n) is 2.50. The molecule has 2 fully saturated rings. The van der Waals surface area contributed by atoms with Crippen LogP contribution < -0.4 is 5.32 Å². The molecule has 1 N–H and O–H groups in total. The van der Waals surface area contributed by atoms with Crippen molar-refractivity contribution in [2.75, 3.05) is 26.3 Å². The van der Waals surface area contributed by atoms with Crippen LogP contribution in [0.4, 0.5) is 0 Å². The largest absolute Gasteiger partial charge is 0.378 e. The third-order valence-corrected chi connectivity index (χ3v) is 4.23. The number of hydrogen-bond donors (Lipinski definition) is 1. The van der Waals surface area contributed by atoms with E-state index in [-0.39, 0.29) is 23.8 Å². The third kappa shape index (κ3) is 2.29. The highest BCUT2D eigenvalue weighted by Gasteiger charge is 2.50. The second-order valence-electron chi connectivity index (χ2n) is 5.78. The Kier molecular flexibility index (Phi) is 3.73. The lowest BCUT2D eigenvalue weighted by Crippen LogP contribution is -2.50. The Bertz CT molecular complexity index is 350. The van der Waals surface area contributed by atoms with Crippen molar-refractivity contribution in [2.45, 2.75) is 33.2 Å². The molecule has 2 saturated heterocycles. The zero-order valence-corrected chi connectivity index (χ0v) is 11.4. The predicted octanol–water partition coefficient (Wildman–Crippen LogP) is 0.396. The minimum absolute atomic E-state index is 0.0325. The number of carbonyl (C=O) groups excluding carboxylic acids is 2. The van der Waals surface area contributed by atoms with Gasteiger partial charge >= 0.3 is 0 Å². The van der Waals surface area contributed by atoms with Crippen LogP contribution in [0, 0.1) is 11.3 Å². The highest BCUT2D eigenvalue weighted by molar-refractivity contribution is 6.05. The van der Waals surface area contributed by atoms with E-state index in [9.17, 15) is 9.59 Å². The zero-order valence-electron chi connectivity index (χ0n) is 11.4. The van der Waals surface area contributed by atoms with Crippen LogP contribution in [0.3, 0.4) is 0 Å². The summed E-state index contributed by atoms with van der Waals surface area (Å²) in [5.41, 5.74) is -0.535. The van der Waals surface area contributed by atoms with Crippen molar-refractivity contribution < 1.29 is 14.3 Å². The maximum absolute atomic E-state index is 12.4. The van der Waals surface area contributed by atoms with E-state index in [4.69, 9.17) is 4.74 Å². The van der Waals surface area contributed by atoms with Crippen LogP contribution in [0.2, 0.25) is 0 Å². The van der Waals surface area contributed by atoms with Crippen molar-refractivity contribution in [2.24, 2.45) is 11.3 Å². The van der Waals surface area contributed by atoms with Gasteiger partial charge < -0.3 is 10.1 Å². The van der Waals surface area contributed by atoms with Crippen LogP contribution in [0.25, 0.3) is 0 Å². The van der Waals surface area contributed by atoms with Crippen molar-refractivity contribution in [1.82, 2.24) is 10.2 Å². The average molecular weight is 254 g/mol. The fraction of sp³-hybridized carbons (Fsp3) is 0.846. The summed E-state index contributed by atoms with van der Waals surface area (Å²) in [6.07, 6.45) is 0.330. The van der Waals surface area contributed by atoms with Gasteiger partial charge in [-0.25, -0.2) is 0 Å². The molecule has 0 aliphatic carbocycles. The Morgan fingerprint density at radius 3 is 2.72 bits per heavy atom. The van der Waals surface area contributed by atoms with E-state index in [0.717, 1.165) is 6.54 Å². The molecule has 2 unspecified atom stereocenters. The van der Waals surface area contributed by atoms with Gasteiger partial charge in [0.25, 0.3) is 0 Å². The van der Waals surface area contributed by atoms with Crippen molar-refractivity contribution in [1.29, 1.82) is 0 Å². The lowest BCUT2D eigenvalue weighted by atomic mass is 9.78. The molecule has 5 heteroatoms. The summed E-state index contributed by atoms with van der Waals surface area (Å²) in [4.78, 5) is 25.8. The van der Waals surface area contributed by atoms with Crippen LogP contribution in [-0.2, 0) is 14.3 Å². The lowest BCUT2D eigenvalue weighted by Gasteiger charge is -2.29. The summed E-state index contributed by atoms with van der Waals surface area (Å²) in [5.74, 6) is 0.0907. The molecule has 2 atom stereocenters. The van der Waals surface area contributed by atoms with Crippen LogP contribution in [0.5, 0.6) is 0 Å². The van der Waals surface area contributed by atoms with E-state index in [2.05, 4.69) is 5.32 Å². The van der Waals surface area contributed by atoms with Gasteiger partial charge in [0.15, 0.2) is 0 Å². The molecule has 0 aromatic heterocycles. The molecular formula is C13H22N2O3. The van der Waals surface area contributed by atoms with Crippen molar-refractivity contribution in [3.05, 3.63) is 0 Å². The van der Waals surface area contributed by atoms with Gasteiger partial charge in [0.1, 0.15) is 0 Å². The van der Waals surface area contributed by atoms with Gasteiger partial charge in [-0.1, -0.05) is 13.8 Å². The van der Waals surface area contributed by atoms with Crippen molar-refractivity contribution in [3.8, 4) is 0 Å². The number of imide groups is 1. The van der Waals surface area contributed by atoms with Crippen LogP contribution in [0.1, 0.15) is 27.2 Å². The molecule has 0 radical (unpaired) electrons. The van der Waals surface area contributed by atoms with Crippen LogP contribution in [-0.4, -0.2) is 49.1 Å². The van der Waals surface area contributed by atoms with Gasteiger partial charge in [-0.05, 0) is 12.8 Å². The molecular weight excluding hydrogens is 232 g/mol. The number of carbonyl (C=O) groups is 2. The third-order valence-electron chi connectivity index (χ3n) is 4.23. The molecule has 2 heterocycles. The average Bonchev–Trinajstić information content (AvgIpc) is 2.56. The first-order valence-electron chi connectivity index (χ1n) is 6.61. The molecule has 0 saturated carbocycles. The quantitative estimate of drug-likeness (QED) is 0.741. The Labute approximate surface area is 108 Å². The molecule has 2 amide bonds. The topological polar surface area (TPSA) is 58.6 Å². The maximum atomic E-state index is 12.4. The molecule has 2 aliphatic heterocycles. The molecule has 2 aliphatic rings. The van der Waals surface area contributed by atoms with Gasteiger partial charge in [-0.3, -0.25) is 14.5 Å². The normalized spacial score (nSPS) is 33.6. The summed E-state index contributed by atoms with van der Waals surface area (Å²) in [7, 11) is 0. The Hall–Kier alpha value is -0.940. The molecule has 0 aromatic rings. The van der Waals surface area contributed by atoms with Crippen molar-refractivity contribution in [3.63, 3.8) is 0 Å². The fourth-order valence-corrected chi connectivity index (χ4v) is 2.50. The van der Waals surface area contributed by atoms with Gasteiger partial charge in [-0.2, -0.15) is 0 Å². The number of morpholine rings is 1. The maximum Gasteiger partial charge on any atom is 0.235 e. The Morgan fingerprint density at radius 2 is 2.22 bits per heavy atom. The standard InChI is InChI=1S/C13H22N2O3/c1-9(2)13(3)6-11(16)15(12(13)17)7-10-8-18-5-4-14-10/h9-10,14H,4-8H2,1-3H3. The number of nitrogens with one attached hydrogen (secondary N) is 1. The highest BCUT2D eigenvalue weighted by Crippen LogP contribution is 2.39. The molecule has 0 bridgehead atoms. The molecule has 2 rings (SSSR count). The summed E-state index contributed by atoms with van der Waals surface area (Å²) in [5, 5.41) is 3.27.